The van der Waals surface area contributed by atoms with Gasteiger partial charge in [-0.05, 0) is 38.3 Å². The van der Waals surface area contributed by atoms with E-state index in [9.17, 15) is 0 Å². The lowest BCUT2D eigenvalue weighted by Crippen LogP contribution is -2.38. The molecule has 1 aliphatic heterocycles. The minimum atomic E-state index is 0.755. The molecular weight excluding hydrogens is 326 g/mol. The first-order valence-electron chi connectivity index (χ1n) is 9.40. The van der Waals surface area contributed by atoms with Crippen LogP contribution in [0.5, 0.6) is 0 Å². The predicted molar refractivity (Wildman–Crippen MR) is 107 cm³/mol. The molecule has 0 spiro atoms. The van der Waals surface area contributed by atoms with Gasteiger partial charge in [0.15, 0.2) is 5.96 Å². The molecule has 0 amide bonds. The second-order valence-corrected chi connectivity index (χ2v) is 6.52. The fourth-order valence-corrected chi connectivity index (χ4v) is 3.28. The quantitative estimate of drug-likeness (QED) is 0.347. The third-order valence-corrected chi connectivity index (χ3v) is 4.72. The number of aliphatic imine (C=N–C) groups is 1. The number of benzene rings is 1. The van der Waals surface area contributed by atoms with E-state index in [2.05, 4.69) is 56.4 Å². The monoisotopic (exact) mass is 355 g/mol. The van der Waals surface area contributed by atoms with Crippen LogP contribution >= 0.6 is 0 Å². The number of guanidine groups is 1. The Hall–Kier alpha value is -2.34. The molecule has 26 heavy (non-hydrogen) atoms. The molecule has 0 bridgehead atoms. The second kappa shape index (κ2) is 9.38. The number of fused-ring (bicyclic) bond motifs is 1. The summed E-state index contributed by atoms with van der Waals surface area (Å²) in [6.07, 6.45) is 5.31. The van der Waals surface area contributed by atoms with Crippen molar-refractivity contribution in [3.05, 3.63) is 41.7 Å². The molecule has 3 rings (SSSR count). The maximum absolute atomic E-state index is 5.34. The molecule has 0 saturated carbocycles. The second-order valence-electron chi connectivity index (χ2n) is 6.52. The zero-order chi connectivity index (χ0) is 18.2. The van der Waals surface area contributed by atoms with Crippen LogP contribution in [0.1, 0.15) is 25.1 Å². The van der Waals surface area contributed by atoms with Gasteiger partial charge < -0.3 is 19.9 Å². The van der Waals surface area contributed by atoms with E-state index >= 15 is 0 Å². The number of para-hydroxylation sites is 2. The summed E-state index contributed by atoms with van der Waals surface area (Å²) >= 11 is 0. The van der Waals surface area contributed by atoms with Gasteiger partial charge in [0, 0.05) is 26.7 Å². The number of imidazole rings is 1. The number of nitrogens with zero attached hydrogens (tertiary/aromatic N) is 3. The van der Waals surface area contributed by atoms with Crippen LogP contribution in [-0.4, -0.2) is 48.9 Å². The first-order valence-corrected chi connectivity index (χ1v) is 9.40. The molecule has 0 radical (unpaired) electrons. The molecule has 0 saturated heterocycles. The van der Waals surface area contributed by atoms with Gasteiger partial charge in [0.25, 0.3) is 0 Å². The van der Waals surface area contributed by atoms with Gasteiger partial charge in [-0.25, -0.2) is 4.98 Å². The highest BCUT2D eigenvalue weighted by Gasteiger charge is 2.07. The van der Waals surface area contributed by atoms with Crippen LogP contribution in [0.25, 0.3) is 11.0 Å². The van der Waals surface area contributed by atoms with Gasteiger partial charge in [0.05, 0.1) is 24.2 Å². The highest BCUT2D eigenvalue weighted by molar-refractivity contribution is 5.79. The summed E-state index contributed by atoms with van der Waals surface area (Å²) in [6.45, 7) is 6.40. The molecule has 140 valence electrons. The fraction of sp³-hybridized carbons (Fsp3) is 0.500. The van der Waals surface area contributed by atoms with Gasteiger partial charge in [0.2, 0.25) is 0 Å². The summed E-state index contributed by atoms with van der Waals surface area (Å²) in [4.78, 5) is 8.92. The normalized spacial score (nSPS) is 15.2. The van der Waals surface area contributed by atoms with Gasteiger partial charge in [-0.15, -0.1) is 0 Å². The smallest absolute Gasteiger partial charge is 0.190 e. The van der Waals surface area contributed by atoms with E-state index in [0.717, 1.165) is 69.4 Å². The Labute approximate surface area is 155 Å². The van der Waals surface area contributed by atoms with Crippen molar-refractivity contribution >= 4 is 17.0 Å². The van der Waals surface area contributed by atoms with Crippen molar-refractivity contribution in [1.82, 2.24) is 20.2 Å². The lowest BCUT2D eigenvalue weighted by Gasteiger charge is -2.15. The number of aromatic nitrogens is 2. The van der Waals surface area contributed by atoms with Crippen molar-refractivity contribution in [2.45, 2.75) is 32.7 Å². The highest BCUT2D eigenvalue weighted by Crippen LogP contribution is 2.15. The largest absolute Gasteiger partial charge is 0.377 e. The summed E-state index contributed by atoms with van der Waals surface area (Å²) < 4.78 is 7.62. The topological polar surface area (TPSA) is 63.5 Å². The lowest BCUT2D eigenvalue weighted by atomic mass is 10.1. The Balaban J connectivity index is 1.40. The van der Waals surface area contributed by atoms with Crippen LogP contribution in [0.3, 0.4) is 0 Å². The van der Waals surface area contributed by atoms with Crippen LogP contribution in [0.15, 0.2) is 40.9 Å². The molecule has 0 unspecified atom stereocenters. The number of hydrogen-bond acceptors (Lipinski definition) is 3. The zero-order valence-corrected chi connectivity index (χ0v) is 15.8. The number of hydrogen-bond donors (Lipinski definition) is 2. The molecule has 6 nitrogen and oxygen atoms in total. The highest BCUT2D eigenvalue weighted by atomic mass is 16.5. The summed E-state index contributed by atoms with van der Waals surface area (Å²) in [6, 6.07) is 8.30. The van der Waals surface area contributed by atoms with Gasteiger partial charge in [-0.1, -0.05) is 23.8 Å². The predicted octanol–water partition coefficient (Wildman–Crippen LogP) is 2.64. The summed E-state index contributed by atoms with van der Waals surface area (Å²) in [5, 5.41) is 6.79. The Morgan fingerprint density at radius 1 is 1.27 bits per heavy atom. The van der Waals surface area contributed by atoms with Gasteiger partial charge in [0.1, 0.15) is 5.82 Å². The van der Waals surface area contributed by atoms with E-state index in [1.807, 2.05) is 13.1 Å². The van der Waals surface area contributed by atoms with Crippen molar-refractivity contribution in [3.8, 4) is 0 Å². The summed E-state index contributed by atoms with van der Waals surface area (Å²) in [5.41, 5.74) is 3.75. The molecule has 0 atom stereocenters. The number of nitrogens with one attached hydrogen (secondary N) is 2. The van der Waals surface area contributed by atoms with E-state index in [1.165, 1.54) is 11.1 Å². The zero-order valence-electron chi connectivity index (χ0n) is 15.8. The molecule has 6 heteroatoms. The molecule has 0 fully saturated rings. The van der Waals surface area contributed by atoms with Crippen molar-refractivity contribution in [2.75, 3.05) is 33.4 Å². The number of aryl methyl sites for hydroxylation is 2. The standard InChI is InChI=1S/C20H29N5O/c1-16-24-18-6-3-4-7-19(18)25(16)13-5-11-22-20(21-2)23-12-8-17-9-14-26-15-10-17/h3-4,6-7,9H,5,8,10-15H2,1-2H3,(H2,21,22,23). The van der Waals surface area contributed by atoms with Crippen molar-refractivity contribution in [2.24, 2.45) is 4.99 Å². The minimum absolute atomic E-state index is 0.755. The molecule has 2 heterocycles. The molecule has 1 aromatic heterocycles. The van der Waals surface area contributed by atoms with E-state index in [0.29, 0.717) is 0 Å². The molecule has 2 aromatic rings. The molecule has 2 N–H and O–H groups in total. The number of ether oxygens (including phenoxy) is 1. The maximum atomic E-state index is 5.34. The van der Waals surface area contributed by atoms with Gasteiger partial charge >= 0.3 is 0 Å². The third-order valence-electron chi connectivity index (χ3n) is 4.72. The van der Waals surface area contributed by atoms with Crippen LogP contribution in [-0.2, 0) is 11.3 Å². The van der Waals surface area contributed by atoms with E-state index in [4.69, 9.17) is 4.74 Å². The first kappa shape index (κ1) is 18.5. The average molecular weight is 355 g/mol. The Kier molecular flexibility index (Phi) is 6.66. The third kappa shape index (κ3) is 4.85. The number of rotatable bonds is 7. The van der Waals surface area contributed by atoms with Crippen molar-refractivity contribution < 1.29 is 4.74 Å². The minimum Gasteiger partial charge on any atom is -0.377 e. The average Bonchev–Trinajstić information content (AvgIpc) is 2.99. The summed E-state index contributed by atoms with van der Waals surface area (Å²) in [7, 11) is 1.82. The van der Waals surface area contributed by atoms with Crippen LogP contribution < -0.4 is 10.6 Å². The van der Waals surface area contributed by atoms with Crippen LogP contribution in [0.2, 0.25) is 0 Å². The van der Waals surface area contributed by atoms with Gasteiger partial charge in [-0.3, -0.25) is 4.99 Å². The lowest BCUT2D eigenvalue weighted by molar-refractivity contribution is 0.153. The SMILES string of the molecule is CN=C(NCCCn1c(C)nc2ccccc21)NCCC1=CCOCC1. The Morgan fingerprint density at radius 2 is 2.12 bits per heavy atom. The van der Waals surface area contributed by atoms with Crippen LogP contribution in [0.4, 0.5) is 0 Å². The van der Waals surface area contributed by atoms with Crippen molar-refractivity contribution in [1.29, 1.82) is 0 Å². The van der Waals surface area contributed by atoms with E-state index < -0.39 is 0 Å². The van der Waals surface area contributed by atoms with Gasteiger partial charge in [-0.2, -0.15) is 0 Å². The Bertz CT molecular complexity index is 778. The Morgan fingerprint density at radius 3 is 2.92 bits per heavy atom. The van der Waals surface area contributed by atoms with Crippen LogP contribution in [0, 0.1) is 6.92 Å². The molecule has 1 aliphatic rings. The van der Waals surface area contributed by atoms with E-state index in [-0.39, 0.29) is 0 Å². The summed E-state index contributed by atoms with van der Waals surface area (Å²) in [5.74, 6) is 1.93. The molecule has 1 aromatic carbocycles. The molecule has 0 aliphatic carbocycles. The van der Waals surface area contributed by atoms with Crippen molar-refractivity contribution in [3.63, 3.8) is 0 Å². The fourth-order valence-electron chi connectivity index (χ4n) is 3.28. The maximum Gasteiger partial charge on any atom is 0.190 e. The first-order chi connectivity index (χ1) is 12.8. The molecular formula is C20H29N5O. The van der Waals surface area contributed by atoms with E-state index in [1.54, 1.807) is 0 Å².